The average molecular weight is 261 g/mol. The summed E-state index contributed by atoms with van der Waals surface area (Å²) in [6.45, 7) is 5.38. The third-order valence-corrected chi connectivity index (χ3v) is 2.91. The number of carbonyl (C=O) groups is 1. The van der Waals surface area contributed by atoms with Crippen molar-refractivity contribution in [3.8, 4) is 0 Å². The Morgan fingerprint density at radius 3 is 2.89 bits per heavy atom. The molecule has 0 atom stereocenters. The van der Waals surface area contributed by atoms with E-state index in [2.05, 4.69) is 20.7 Å². The number of nitrogens with zero attached hydrogens (tertiary/aromatic N) is 3. The first kappa shape index (κ1) is 13.5. The van der Waals surface area contributed by atoms with Crippen molar-refractivity contribution in [2.24, 2.45) is 0 Å². The molecule has 2 heterocycles. The Bertz CT molecular complexity index is 590. The third kappa shape index (κ3) is 2.90. The Morgan fingerprint density at radius 2 is 2.16 bits per heavy atom. The van der Waals surface area contributed by atoms with E-state index in [9.17, 15) is 4.79 Å². The maximum absolute atomic E-state index is 12.1. The molecule has 0 aliphatic heterocycles. The zero-order valence-corrected chi connectivity index (χ0v) is 11.5. The van der Waals surface area contributed by atoms with Crippen LogP contribution in [0.4, 0.5) is 0 Å². The predicted molar refractivity (Wildman–Crippen MR) is 73.3 cm³/mol. The van der Waals surface area contributed by atoms with E-state index in [1.54, 1.807) is 10.7 Å². The largest absolute Gasteiger partial charge is 0.352 e. The molecule has 0 aliphatic rings. The Morgan fingerprint density at radius 1 is 1.37 bits per heavy atom. The lowest BCUT2D eigenvalue weighted by Crippen LogP contribution is -2.26. The molecule has 102 valence electrons. The normalized spacial score (nSPS) is 10.9. The van der Waals surface area contributed by atoms with E-state index in [0.29, 0.717) is 17.8 Å². The molecule has 0 spiro atoms. The lowest BCUT2D eigenvalue weighted by Gasteiger charge is -2.04. The fourth-order valence-corrected chi connectivity index (χ4v) is 1.99. The van der Waals surface area contributed by atoms with Gasteiger partial charge in [0.05, 0.1) is 6.20 Å². The number of amides is 1. The number of nitrogens with one attached hydrogen (secondary N) is 2. The summed E-state index contributed by atoms with van der Waals surface area (Å²) in [5.74, 6) is -0.122. The molecule has 2 rings (SSSR count). The minimum atomic E-state index is -0.122. The lowest BCUT2D eigenvalue weighted by molar-refractivity contribution is 0.0954. The second-order valence-electron chi connectivity index (χ2n) is 4.55. The number of rotatable bonds is 5. The summed E-state index contributed by atoms with van der Waals surface area (Å²) in [7, 11) is 1.89. The highest BCUT2D eigenvalue weighted by atomic mass is 16.1. The summed E-state index contributed by atoms with van der Waals surface area (Å²) in [6, 6.07) is 1.94. The monoisotopic (exact) mass is 261 g/mol. The minimum Gasteiger partial charge on any atom is -0.352 e. The van der Waals surface area contributed by atoms with E-state index < -0.39 is 0 Å². The average Bonchev–Trinajstić information content (AvgIpc) is 2.78. The second-order valence-corrected chi connectivity index (χ2v) is 4.55. The van der Waals surface area contributed by atoms with Crippen LogP contribution in [0, 0.1) is 13.8 Å². The first-order valence-electron chi connectivity index (χ1n) is 6.38. The number of fused-ring (bicyclic) bond motifs is 1. The van der Waals surface area contributed by atoms with Gasteiger partial charge >= 0.3 is 0 Å². The van der Waals surface area contributed by atoms with Gasteiger partial charge in [0.1, 0.15) is 5.56 Å². The highest BCUT2D eigenvalue weighted by molar-refractivity contribution is 5.99. The standard InChI is InChI=1S/C13H19N5O/c1-9-7-10(2)18-12(17-9)11(8-16-18)13(19)15-6-4-5-14-3/h7-8,14H,4-6H2,1-3H3,(H,15,19). The van der Waals surface area contributed by atoms with Crippen LogP contribution in [0.1, 0.15) is 28.2 Å². The maximum Gasteiger partial charge on any atom is 0.256 e. The first-order valence-corrected chi connectivity index (χ1v) is 6.38. The van der Waals surface area contributed by atoms with Crippen LogP contribution in [0.2, 0.25) is 0 Å². The summed E-state index contributed by atoms with van der Waals surface area (Å²) in [5.41, 5.74) is 2.99. The second kappa shape index (κ2) is 5.79. The molecule has 0 saturated carbocycles. The molecule has 0 bridgehead atoms. The Hall–Kier alpha value is -1.95. The number of aryl methyl sites for hydroxylation is 2. The summed E-state index contributed by atoms with van der Waals surface area (Å²) in [6.07, 6.45) is 2.47. The van der Waals surface area contributed by atoms with Crippen molar-refractivity contribution in [2.45, 2.75) is 20.3 Å². The fourth-order valence-electron chi connectivity index (χ4n) is 1.99. The maximum atomic E-state index is 12.1. The molecule has 2 N–H and O–H groups in total. The van der Waals surface area contributed by atoms with Crippen LogP contribution in [0.3, 0.4) is 0 Å². The first-order chi connectivity index (χ1) is 9.13. The molecule has 0 unspecified atom stereocenters. The summed E-state index contributed by atoms with van der Waals surface area (Å²) >= 11 is 0. The topological polar surface area (TPSA) is 71.3 Å². The van der Waals surface area contributed by atoms with Crippen molar-refractivity contribution in [1.82, 2.24) is 25.2 Å². The van der Waals surface area contributed by atoms with Crippen molar-refractivity contribution >= 4 is 11.6 Å². The Labute approximate surface area is 112 Å². The van der Waals surface area contributed by atoms with Gasteiger partial charge in [0.15, 0.2) is 5.65 Å². The predicted octanol–water partition coefficient (Wildman–Crippen LogP) is 0.685. The lowest BCUT2D eigenvalue weighted by atomic mass is 10.3. The van der Waals surface area contributed by atoms with E-state index in [4.69, 9.17) is 0 Å². The quantitative estimate of drug-likeness (QED) is 0.777. The van der Waals surface area contributed by atoms with E-state index in [1.165, 1.54) is 0 Å². The van der Waals surface area contributed by atoms with Gasteiger partial charge in [-0.2, -0.15) is 5.10 Å². The van der Waals surface area contributed by atoms with Crippen LogP contribution < -0.4 is 10.6 Å². The van der Waals surface area contributed by atoms with Gasteiger partial charge in [-0.1, -0.05) is 0 Å². The van der Waals surface area contributed by atoms with Gasteiger partial charge in [-0.3, -0.25) is 4.79 Å². The van der Waals surface area contributed by atoms with Crippen LogP contribution >= 0.6 is 0 Å². The summed E-state index contributed by atoms with van der Waals surface area (Å²) in [5, 5.41) is 10.1. The number of hydrogen-bond donors (Lipinski definition) is 2. The molecule has 0 radical (unpaired) electrons. The summed E-state index contributed by atoms with van der Waals surface area (Å²) in [4.78, 5) is 16.5. The zero-order chi connectivity index (χ0) is 13.8. The molecule has 0 saturated heterocycles. The van der Waals surface area contributed by atoms with Crippen molar-refractivity contribution < 1.29 is 4.79 Å². The molecule has 2 aromatic heterocycles. The highest BCUT2D eigenvalue weighted by Gasteiger charge is 2.14. The molecule has 1 amide bonds. The molecule has 0 aromatic carbocycles. The van der Waals surface area contributed by atoms with Crippen LogP contribution in [0.15, 0.2) is 12.3 Å². The van der Waals surface area contributed by atoms with Gasteiger partial charge in [-0.05, 0) is 39.9 Å². The van der Waals surface area contributed by atoms with Gasteiger partial charge < -0.3 is 10.6 Å². The summed E-state index contributed by atoms with van der Waals surface area (Å²) < 4.78 is 1.69. The van der Waals surface area contributed by atoms with E-state index >= 15 is 0 Å². The van der Waals surface area contributed by atoms with Crippen LogP contribution in [-0.2, 0) is 0 Å². The molecule has 6 heteroatoms. The SMILES string of the molecule is CNCCCNC(=O)c1cnn2c(C)cc(C)nc12. The molecule has 19 heavy (non-hydrogen) atoms. The Balaban J connectivity index is 2.18. The smallest absolute Gasteiger partial charge is 0.256 e. The van der Waals surface area contributed by atoms with Crippen molar-refractivity contribution in [2.75, 3.05) is 20.1 Å². The van der Waals surface area contributed by atoms with Crippen LogP contribution in [0.25, 0.3) is 5.65 Å². The van der Waals surface area contributed by atoms with Crippen LogP contribution in [0.5, 0.6) is 0 Å². The molecule has 6 nitrogen and oxygen atoms in total. The number of aromatic nitrogens is 3. The number of carbonyl (C=O) groups excluding carboxylic acids is 1. The van der Waals surface area contributed by atoms with Gasteiger partial charge in [0, 0.05) is 17.9 Å². The Kier molecular flexibility index (Phi) is 4.11. The van der Waals surface area contributed by atoms with Gasteiger partial charge in [-0.25, -0.2) is 9.50 Å². The minimum absolute atomic E-state index is 0.122. The van der Waals surface area contributed by atoms with Crippen LogP contribution in [-0.4, -0.2) is 40.6 Å². The zero-order valence-electron chi connectivity index (χ0n) is 11.5. The van der Waals surface area contributed by atoms with Gasteiger partial charge in [0.2, 0.25) is 0 Å². The third-order valence-electron chi connectivity index (χ3n) is 2.91. The van der Waals surface area contributed by atoms with Gasteiger partial charge in [0.25, 0.3) is 5.91 Å². The molecule has 2 aromatic rings. The van der Waals surface area contributed by atoms with Crippen molar-refractivity contribution in [1.29, 1.82) is 0 Å². The molecule has 0 aliphatic carbocycles. The van der Waals surface area contributed by atoms with E-state index in [1.807, 2.05) is 27.0 Å². The van der Waals surface area contributed by atoms with Crippen molar-refractivity contribution in [3.63, 3.8) is 0 Å². The highest BCUT2D eigenvalue weighted by Crippen LogP contribution is 2.11. The van der Waals surface area contributed by atoms with Gasteiger partial charge in [-0.15, -0.1) is 0 Å². The van der Waals surface area contributed by atoms with Crippen molar-refractivity contribution in [3.05, 3.63) is 29.2 Å². The number of hydrogen-bond acceptors (Lipinski definition) is 4. The molecular weight excluding hydrogens is 242 g/mol. The van der Waals surface area contributed by atoms with E-state index in [-0.39, 0.29) is 5.91 Å². The molecule has 0 fully saturated rings. The fraction of sp³-hybridized carbons (Fsp3) is 0.462. The molecular formula is C13H19N5O. The van der Waals surface area contributed by atoms with E-state index in [0.717, 1.165) is 24.4 Å².